The zero-order valence-corrected chi connectivity index (χ0v) is 10.4. The molecular formula is C12H23N3. The molecule has 0 bridgehead atoms. The highest BCUT2D eigenvalue weighted by molar-refractivity contribution is 5.13. The number of aromatic amines is 1. The Kier molecular flexibility index (Phi) is 4.82. The first kappa shape index (κ1) is 12.2. The summed E-state index contributed by atoms with van der Waals surface area (Å²) in [4.78, 5) is 8.01. The number of hydrogen-bond acceptors (Lipinski definition) is 2. The molecule has 1 aromatic heterocycles. The van der Waals surface area contributed by atoms with Gasteiger partial charge in [-0.3, -0.25) is 0 Å². The summed E-state index contributed by atoms with van der Waals surface area (Å²) in [5, 5.41) is 3.15. The van der Waals surface area contributed by atoms with Crippen molar-refractivity contribution in [3.8, 4) is 0 Å². The molecule has 3 heteroatoms. The van der Waals surface area contributed by atoms with Crippen LogP contribution >= 0.6 is 0 Å². The molecule has 0 saturated heterocycles. The van der Waals surface area contributed by atoms with Gasteiger partial charge in [-0.15, -0.1) is 0 Å². The van der Waals surface area contributed by atoms with Crippen molar-refractivity contribution in [1.82, 2.24) is 15.3 Å². The molecule has 0 radical (unpaired) electrons. The Morgan fingerprint density at radius 1 is 1.40 bits per heavy atom. The van der Waals surface area contributed by atoms with Crippen LogP contribution in [0.15, 0.2) is 0 Å². The van der Waals surface area contributed by atoms with Gasteiger partial charge in [0.05, 0.1) is 5.69 Å². The van der Waals surface area contributed by atoms with Crippen molar-refractivity contribution < 1.29 is 0 Å². The lowest BCUT2D eigenvalue weighted by atomic mass is 10.1. The van der Waals surface area contributed by atoms with Crippen LogP contribution in [0.3, 0.4) is 0 Å². The maximum absolute atomic E-state index is 4.64. The molecule has 3 nitrogen and oxygen atoms in total. The van der Waals surface area contributed by atoms with Crippen molar-refractivity contribution in [3.05, 3.63) is 17.2 Å². The Morgan fingerprint density at radius 3 is 2.73 bits per heavy atom. The first-order valence-electron chi connectivity index (χ1n) is 5.82. The summed E-state index contributed by atoms with van der Waals surface area (Å²) in [7, 11) is 1.98. The number of hydrogen-bond donors (Lipinski definition) is 2. The Labute approximate surface area is 92.7 Å². The molecule has 0 amide bonds. The van der Waals surface area contributed by atoms with E-state index in [-0.39, 0.29) is 0 Å². The first-order valence-corrected chi connectivity index (χ1v) is 5.82. The van der Waals surface area contributed by atoms with E-state index in [0.717, 1.165) is 31.6 Å². The van der Waals surface area contributed by atoms with E-state index in [4.69, 9.17) is 0 Å². The lowest BCUT2D eigenvalue weighted by molar-refractivity contribution is 0.632. The topological polar surface area (TPSA) is 40.7 Å². The molecule has 0 saturated carbocycles. The maximum atomic E-state index is 4.64. The van der Waals surface area contributed by atoms with Crippen LogP contribution in [0.1, 0.15) is 37.5 Å². The van der Waals surface area contributed by atoms with Crippen LogP contribution in [-0.4, -0.2) is 23.6 Å². The molecular weight excluding hydrogens is 186 g/mol. The summed E-state index contributed by atoms with van der Waals surface area (Å²) >= 11 is 0. The van der Waals surface area contributed by atoms with E-state index in [0.29, 0.717) is 5.92 Å². The van der Waals surface area contributed by atoms with Gasteiger partial charge in [-0.1, -0.05) is 13.8 Å². The van der Waals surface area contributed by atoms with Gasteiger partial charge in [0, 0.05) is 12.1 Å². The molecule has 0 aliphatic heterocycles. The molecule has 0 aromatic carbocycles. The minimum Gasteiger partial charge on any atom is -0.346 e. The summed E-state index contributed by atoms with van der Waals surface area (Å²) in [5.41, 5.74) is 2.48. The molecule has 1 aromatic rings. The lowest BCUT2D eigenvalue weighted by Crippen LogP contribution is -2.08. The van der Waals surface area contributed by atoms with Gasteiger partial charge >= 0.3 is 0 Å². The van der Waals surface area contributed by atoms with Crippen LogP contribution < -0.4 is 5.32 Å². The highest BCUT2D eigenvalue weighted by Gasteiger charge is 2.07. The maximum Gasteiger partial charge on any atom is 0.106 e. The van der Waals surface area contributed by atoms with Crippen molar-refractivity contribution in [1.29, 1.82) is 0 Å². The van der Waals surface area contributed by atoms with Gasteiger partial charge in [0.1, 0.15) is 5.82 Å². The monoisotopic (exact) mass is 209 g/mol. The zero-order chi connectivity index (χ0) is 11.3. The van der Waals surface area contributed by atoms with Crippen molar-refractivity contribution in [3.63, 3.8) is 0 Å². The van der Waals surface area contributed by atoms with Gasteiger partial charge in [-0.25, -0.2) is 4.98 Å². The van der Waals surface area contributed by atoms with Crippen molar-refractivity contribution >= 4 is 0 Å². The number of H-pyrrole nitrogens is 1. The Bertz CT molecular complexity index is 289. The quantitative estimate of drug-likeness (QED) is 0.704. The Balaban J connectivity index is 2.52. The molecule has 0 aliphatic rings. The molecule has 1 heterocycles. The van der Waals surface area contributed by atoms with E-state index in [9.17, 15) is 0 Å². The number of rotatable bonds is 6. The Morgan fingerprint density at radius 2 is 2.13 bits per heavy atom. The molecule has 0 spiro atoms. The molecule has 0 unspecified atom stereocenters. The molecule has 0 aliphatic carbocycles. The summed E-state index contributed by atoms with van der Waals surface area (Å²) in [5.74, 6) is 1.82. The van der Waals surface area contributed by atoms with Crippen molar-refractivity contribution in [2.24, 2.45) is 5.92 Å². The fraction of sp³-hybridized carbons (Fsp3) is 0.750. The summed E-state index contributed by atoms with van der Waals surface area (Å²) in [6.45, 7) is 7.63. The van der Waals surface area contributed by atoms with Crippen molar-refractivity contribution in [2.45, 2.75) is 40.0 Å². The SMILES string of the molecule is CNCCCc1nc(CC(C)C)c(C)[nH]1. The van der Waals surface area contributed by atoms with E-state index in [1.54, 1.807) is 0 Å². The second-order valence-corrected chi connectivity index (χ2v) is 4.56. The van der Waals surface area contributed by atoms with Crippen LogP contribution in [0.2, 0.25) is 0 Å². The largest absolute Gasteiger partial charge is 0.346 e. The summed E-state index contributed by atoms with van der Waals surface area (Å²) in [6.07, 6.45) is 3.26. The number of nitrogens with one attached hydrogen (secondary N) is 2. The molecule has 0 fully saturated rings. The fourth-order valence-electron chi connectivity index (χ4n) is 1.70. The first-order chi connectivity index (χ1) is 7.13. The molecule has 2 N–H and O–H groups in total. The van der Waals surface area contributed by atoms with Gasteiger partial charge in [-0.05, 0) is 39.3 Å². The van der Waals surface area contributed by atoms with Crippen LogP contribution in [0, 0.1) is 12.8 Å². The minimum absolute atomic E-state index is 0.678. The van der Waals surface area contributed by atoms with Crippen LogP contribution in [0.25, 0.3) is 0 Å². The lowest BCUT2D eigenvalue weighted by Gasteiger charge is -2.00. The van der Waals surface area contributed by atoms with Gasteiger partial charge < -0.3 is 10.3 Å². The zero-order valence-electron chi connectivity index (χ0n) is 10.4. The highest BCUT2D eigenvalue weighted by atomic mass is 14.9. The van der Waals surface area contributed by atoms with E-state index >= 15 is 0 Å². The predicted octanol–water partition coefficient (Wildman–Crippen LogP) is 2.07. The molecule has 1 rings (SSSR count). The Hall–Kier alpha value is -0.830. The standard InChI is InChI=1S/C12H23N3/c1-9(2)8-11-10(3)14-12(15-11)6-5-7-13-4/h9,13H,5-8H2,1-4H3,(H,14,15). The second kappa shape index (κ2) is 5.91. The van der Waals surface area contributed by atoms with E-state index in [1.807, 2.05) is 7.05 Å². The van der Waals surface area contributed by atoms with Gasteiger partial charge in [0.15, 0.2) is 0 Å². The molecule has 0 atom stereocenters. The smallest absolute Gasteiger partial charge is 0.106 e. The van der Waals surface area contributed by atoms with E-state index in [2.05, 4.69) is 36.1 Å². The average molecular weight is 209 g/mol. The fourth-order valence-corrected chi connectivity index (χ4v) is 1.70. The van der Waals surface area contributed by atoms with Gasteiger partial charge in [0.25, 0.3) is 0 Å². The number of aryl methyl sites for hydroxylation is 2. The average Bonchev–Trinajstić information content (AvgIpc) is 2.47. The van der Waals surface area contributed by atoms with Gasteiger partial charge in [-0.2, -0.15) is 0 Å². The molecule has 86 valence electrons. The van der Waals surface area contributed by atoms with Crippen LogP contribution in [0.4, 0.5) is 0 Å². The third kappa shape index (κ3) is 4.04. The predicted molar refractivity (Wildman–Crippen MR) is 64.1 cm³/mol. The highest BCUT2D eigenvalue weighted by Crippen LogP contribution is 2.11. The summed E-state index contributed by atoms with van der Waals surface area (Å²) < 4.78 is 0. The van der Waals surface area contributed by atoms with Gasteiger partial charge in [0.2, 0.25) is 0 Å². The van der Waals surface area contributed by atoms with E-state index in [1.165, 1.54) is 11.4 Å². The van der Waals surface area contributed by atoms with E-state index < -0.39 is 0 Å². The molecule has 15 heavy (non-hydrogen) atoms. The minimum atomic E-state index is 0.678. The summed E-state index contributed by atoms with van der Waals surface area (Å²) in [6, 6.07) is 0. The third-order valence-corrected chi connectivity index (χ3v) is 2.48. The normalized spacial score (nSPS) is 11.3. The second-order valence-electron chi connectivity index (χ2n) is 4.56. The number of imidazole rings is 1. The van der Waals surface area contributed by atoms with Crippen molar-refractivity contribution in [2.75, 3.05) is 13.6 Å². The van der Waals surface area contributed by atoms with Crippen LogP contribution in [0.5, 0.6) is 0 Å². The third-order valence-electron chi connectivity index (χ3n) is 2.48. The number of nitrogens with zero attached hydrogens (tertiary/aromatic N) is 1. The van der Waals surface area contributed by atoms with Crippen LogP contribution in [-0.2, 0) is 12.8 Å². The number of aromatic nitrogens is 2.